The van der Waals surface area contributed by atoms with Gasteiger partial charge in [0, 0.05) is 31.4 Å². The second-order valence-electron chi connectivity index (χ2n) is 8.56. The number of urea groups is 1. The second-order valence-corrected chi connectivity index (χ2v) is 8.56. The monoisotopic (exact) mass is 417 g/mol. The minimum absolute atomic E-state index is 0.154. The van der Waals surface area contributed by atoms with Gasteiger partial charge in [-0.05, 0) is 41.8 Å². The molecule has 6 rings (SSSR count). The molecule has 8 heteroatoms. The van der Waals surface area contributed by atoms with Gasteiger partial charge >= 0.3 is 6.03 Å². The van der Waals surface area contributed by atoms with E-state index in [-0.39, 0.29) is 23.8 Å². The molecule has 3 aliphatic rings. The normalized spacial score (nSPS) is 21.3. The average Bonchev–Trinajstić information content (AvgIpc) is 3.42. The molecule has 0 bridgehead atoms. The van der Waals surface area contributed by atoms with E-state index in [4.69, 9.17) is 0 Å². The van der Waals surface area contributed by atoms with Gasteiger partial charge in [0.2, 0.25) is 0 Å². The van der Waals surface area contributed by atoms with Crippen molar-refractivity contribution in [3.05, 3.63) is 71.3 Å². The molecule has 1 fully saturated rings. The Morgan fingerprint density at radius 1 is 1.00 bits per heavy atom. The summed E-state index contributed by atoms with van der Waals surface area (Å²) in [6.07, 6.45) is 2.30. The number of aromatic nitrogens is 3. The SMILES string of the molecule is O=C1NC2(Cc3ccccc3C2)C(=O)N1C1CCc2nnc(-c3ccc(F)cc3)n2C1. The zero-order chi connectivity index (χ0) is 21.2. The molecule has 1 aliphatic carbocycles. The minimum atomic E-state index is -0.881. The van der Waals surface area contributed by atoms with Crippen LogP contribution < -0.4 is 5.32 Å². The highest BCUT2D eigenvalue weighted by atomic mass is 19.1. The van der Waals surface area contributed by atoms with Gasteiger partial charge in [0.15, 0.2) is 5.82 Å². The summed E-state index contributed by atoms with van der Waals surface area (Å²) >= 11 is 0. The average molecular weight is 417 g/mol. The first kappa shape index (κ1) is 18.2. The lowest BCUT2D eigenvalue weighted by molar-refractivity contribution is -0.133. The van der Waals surface area contributed by atoms with Crippen molar-refractivity contribution in [1.82, 2.24) is 25.0 Å². The molecule has 1 unspecified atom stereocenters. The van der Waals surface area contributed by atoms with Crippen LogP contribution in [0.5, 0.6) is 0 Å². The van der Waals surface area contributed by atoms with E-state index in [2.05, 4.69) is 15.5 Å². The molecule has 1 saturated heterocycles. The number of imide groups is 1. The van der Waals surface area contributed by atoms with Gasteiger partial charge in [0.1, 0.15) is 17.2 Å². The van der Waals surface area contributed by atoms with E-state index >= 15 is 0 Å². The van der Waals surface area contributed by atoms with Gasteiger partial charge in [-0.3, -0.25) is 9.69 Å². The third kappa shape index (κ3) is 2.71. The van der Waals surface area contributed by atoms with Crippen LogP contribution in [0.25, 0.3) is 11.4 Å². The number of amides is 3. The number of hydrogen-bond acceptors (Lipinski definition) is 4. The highest BCUT2D eigenvalue weighted by Gasteiger charge is 2.56. The molecule has 1 N–H and O–H groups in total. The maximum Gasteiger partial charge on any atom is 0.325 e. The Labute approximate surface area is 177 Å². The maximum atomic E-state index is 13.5. The van der Waals surface area contributed by atoms with E-state index in [9.17, 15) is 14.0 Å². The Hall–Kier alpha value is -3.55. The fourth-order valence-electron chi connectivity index (χ4n) is 5.16. The molecule has 1 aromatic heterocycles. The Morgan fingerprint density at radius 2 is 1.71 bits per heavy atom. The predicted octanol–water partition coefficient (Wildman–Crippen LogP) is 2.49. The zero-order valence-corrected chi connectivity index (χ0v) is 16.7. The summed E-state index contributed by atoms with van der Waals surface area (Å²) in [7, 11) is 0. The van der Waals surface area contributed by atoms with E-state index in [1.165, 1.54) is 17.0 Å². The van der Waals surface area contributed by atoms with Crippen molar-refractivity contribution in [2.24, 2.45) is 0 Å². The Balaban J connectivity index is 1.29. The molecule has 0 radical (unpaired) electrons. The van der Waals surface area contributed by atoms with Crippen LogP contribution >= 0.6 is 0 Å². The van der Waals surface area contributed by atoms with E-state index < -0.39 is 5.54 Å². The van der Waals surface area contributed by atoms with Crippen molar-refractivity contribution in [3.8, 4) is 11.4 Å². The smallest absolute Gasteiger partial charge is 0.322 e. The summed E-state index contributed by atoms with van der Waals surface area (Å²) in [4.78, 5) is 27.9. The number of rotatable bonds is 2. The number of nitrogens with one attached hydrogen (secondary N) is 1. The largest absolute Gasteiger partial charge is 0.325 e. The number of benzene rings is 2. The van der Waals surface area contributed by atoms with Crippen LogP contribution in [-0.2, 0) is 30.6 Å². The van der Waals surface area contributed by atoms with Gasteiger partial charge in [0.25, 0.3) is 5.91 Å². The lowest BCUT2D eigenvalue weighted by atomic mass is 9.95. The first-order valence-corrected chi connectivity index (χ1v) is 10.4. The van der Waals surface area contributed by atoms with E-state index in [1.54, 1.807) is 12.1 Å². The van der Waals surface area contributed by atoms with Crippen molar-refractivity contribution in [1.29, 1.82) is 0 Å². The van der Waals surface area contributed by atoms with Gasteiger partial charge in [0.05, 0.1) is 6.04 Å². The molecule has 7 nitrogen and oxygen atoms in total. The molecule has 2 aliphatic heterocycles. The van der Waals surface area contributed by atoms with Crippen LogP contribution in [0.2, 0.25) is 0 Å². The van der Waals surface area contributed by atoms with Crippen LogP contribution in [0.1, 0.15) is 23.4 Å². The summed E-state index contributed by atoms with van der Waals surface area (Å²) < 4.78 is 15.3. The Morgan fingerprint density at radius 3 is 2.42 bits per heavy atom. The van der Waals surface area contributed by atoms with Crippen molar-refractivity contribution >= 4 is 11.9 Å². The highest BCUT2D eigenvalue weighted by molar-refractivity contribution is 6.08. The lowest BCUT2D eigenvalue weighted by Gasteiger charge is -2.31. The summed E-state index contributed by atoms with van der Waals surface area (Å²) in [6.45, 7) is 0.428. The highest BCUT2D eigenvalue weighted by Crippen LogP contribution is 2.37. The van der Waals surface area contributed by atoms with Crippen LogP contribution in [0.3, 0.4) is 0 Å². The number of nitrogens with zero attached hydrogens (tertiary/aromatic N) is 4. The Kier molecular flexibility index (Phi) is 3.81. The predicted molar refractivity (Wildman–Crippen MR) is 109 cm³/mol. The topological polar surface area (TPSA) is 80.1 Å². The minimum Gasteiger partial charge on any atom is -0.322 e. The number of carbonyl (C=O) groups is 2. The van der Waals surface area contributed by atoms with E-state index in [0.29, 0.717) is 38.1 Å². The molecular weight excluding hydrogens is 397 g/mol. The van der Waals surface area contributed by atoms with Gasteiger partial charge in [-0.1, -0.05) is 24.3 Å². The molecule has 31 heavy (non-hydrogen) atoms. The van der Waals surface area contributed by atoms with Crippen molar-refractivity contribution in [2.75, 3.05) is 0 Å². The van der Waals surface area contributed by atoms with Gasteiger partial charge in [-0.2, -0.15) is 0 Å². The lowest BCUT2D eigenvalue weighted by Crippen LogP contribution is -2.50. The van der Waals surface area contributed by atoms with E-state index in [1.807, 2.05) is 28.8 Å². The third-order valence-corrected chi connectivity index (χ3v) is 6.69. The van der Waals surface area contributed by atoms with Crippen LogP contribution in [0.4, 0.5) is 9.18 Å². The van der Waals surface area contributed by atoms with E-state index in [0.717, 1.165) is 22.5 Å². The molecule has 0 saturated carbocycles. The molecule has 1 atom stereocenters. The number of hydrogen-bond donors (Lipinski definition) is 1. The van der Waals surface area contributed by atoms with Gasteiger partial charge in [-0.25, -0.2) is 9.18 Å². The summed E-state index contributed by atoms with van der Waals surface area (Å²) in [5.74, 6) is 0.959. The van der Waals surface area contributed by atoms with Crippen molar-refractivity contribution < 1.29 is 14.0 Å². The molecule has 3 heterocycles. The zero-order valence-electron chi connectivity index (χ0n) is 16.7. The quantitative estimate of drug-likeness (QED) is 0.650. The number of carbonyl (C=O) groups excluding carboxylic acids is 2. The molecule has 1 spiro atoms. The fourth-order valence-corrected chi connectivity index (χ4v) is 5.16. The molecule has 3 amide bonds. The fraction of sp³-hybridized carbons (Fsp3) is 0.304. The number of halogens is 1. The second kappa shape index (κ2) is 6.47. The summed E-state index contributed by atoms with van der Waals surface area (Å²) in [5.41, 5.74) is 2.09. The molecule has 156 valence electrons. The standard InChI is InChI=1S/C23H20FN5O2/c24-17-7-5-14(6-8-17)20-27-26-19-10-9-18(13-28(19)20)29-21(30)23(25-22(29)31)11-15-3-1-2-4-16(15)12-23/h1-8,18H,9-13H2,(H,25,31). The first-order chi connectivity index (χ1) is 15.0. The maximum absolute atomic E-state index is 13.5. The van der Waals surface area contributed by atoms with Crippen molar-refractivity contribution in [3.63, 3.8) is 0 Å². The number of aryl methyl sites for hydroxylation is 1. The van der Waals surface area contributed by atoms with Crippen molar-refractivity contribution in [2.45, 2.75) is 43.8 Å². The summed E-state index contributed by atoms with van der Waals surface area (Å²) in [5, 5.41) is 11.5. The van der Waals surface area contributed by atoms with Crippen LogP contribution in [-0.4, -0.2) is 43.2 Å². The van der Waals surface area contributed by atoms with Crippen LogP contribution in [0.15, 0.2) is 48.5 Å². The molecule has 3 aromatic rings. The molecule has 2 aromatic carbocycles. The summed E-state index contributed by atoms with van der Waals surface area (Å²) in [6, 6.07) is 13.4. The third-order valence-electron chi connectivity index (χ3n) is 6.69. The van der Waals surface area contributed by atoms with Gasteiger partial charge in [-0.15, -0.1) is 10.2 Å². The Bertz CT molecular complexity index is 1190. The van der Waals surface area contributed by atoms with Gasteiger partial charge < -0.3 is 9.88 Å². The van der Waals surface area contributed by atoms with Crippen LogP contribution in [0, 0.1) is 5.82 Å². The first-order valence-electron chi connectivity index (χ1n) is 10.4. The number of fused-ring (bicyclic) bond motifs is 2. The molecular formula is C23H20FN5O2.